The third kappa shape index (κ3) is 4.01. The molecule has 0 aliphatic rings. The van der Waals surface area contributed by atoms with Crippen LogP contribution < -0.4 is 10.4 Å². The van der Waals surface area contributed by atoms with Crippen molar-refractivity contribution in [2.75, 3.05) is 6.61 Å². The van der Waals surface area contributed by atoms with E-state index in [9.17, 15) is 18.0 Å². The number of ether oxygens (including phenoxy) is 1. The second-order valence-electron chi connectivity index (χ2n) is 5.90. The van der Waals surface area contributed by atoms with Crippen molar-refractivity contribution >= 4 is 11.6 Å². The van der Waals surface area contributed by atoms with Crippen molar-refractivity contribution in [2.45, 2.75) is 20.0 Å². The minimum absolute atomic E-state index is 0.0208. The summed E-state index contributed by atoms with van der Waals surface area (Å²) in [4.78, 5) is 22.7. The summed E-state index contributed by atoms with van der Waals surface area (Å²) in [6.07, 6.45) is -4.46. The molecule has 1 N–H and O–H groups in total. The van der Waals surface area contributed by atoms with E-state index in [1.807, 2.05) is 6.92 Å². The van der Waals surface area contributed by atoms with Gasteiger partial charge >= 0.3 is 11.9 Å². The van der Waals surface area contributed by atoms with Crippen molar-refractivity contribution in [2.24, 2.45) is 0 Å². The van der Waals surface area contributed by atoms with Gasteiger partial charge in [-0.2, -0.15) is 18.2 Å². The average molecular weight is 410 g/mol. The van der Waals surface area contributed by atoms with Gasteiger partial charge in [-0.15, -0.1) is 0 Å². The molecule has 2 aromatic carbocycles. The fourth-order valence-electron chi connectivity index (χ4n) is 2.65. The lowest BCUT2D eigenvalue weighted by Crippen LogP contribution is -2.15. The van der Waals surface area contributed by atoms with Gasteiger partial charge in [0.15, 0.2) is 5.82 Å². The van der Waals surface area contributed by atoms with Gasteiger partial charge in [-0.1, -0.05) is 29.8 Å². The zero-order chi connectivity index (χ0) is 20.5. The molecule has 0 atom stereocenters. The quantitative estimate of drug-likeness (QED) is 0.667. The Hall–Kier alpha value is -2.87. The highest BCUT2D eigenvalue weighted by atomic mass is 35.5. The van der Waals surface area contributed by atoms with E-state index in [1.54, 1.807) is 19.1 Å². The van der Waals surface area contributed by atoms with Crippen molar-refractivity contribution in [3.8, 4) is 28.5 Å². The summed E-state index contributed by atoms with van der Waals surface area (Å²) in [5.41, 5.74) is -0.0725. The lowest BCUT2D eigenvalue weighted by atomic mass is 10.1. The second kappa shape index (κ2) is 7.63. The SMILES string of the molecule is CCOc1c(C)ccc(Cl)c1-c1nc(-c2ccc(C(F)(F)F)cc2)nc(=O)[nH]1. The normalized spacial score (nSPS) is 11.5. The Morgan fingerprint density at radius 2 is 1.79 bits per heavy atom. The van der Waals surface area contributed by atoms with Crippen LogP contribution in [0.1, 0.15) is 18.1 Å². The van der Waals surface area contributed by atoms with Crippen molar-refractivity contribution in [3.63, 3.8) is 0 Å². The number of nitrogens with zero attached hydrogens (tertiary/aromatic N) is 2. The predicted octanol–water partition coefficient (Wildman–Crippen LogP) is 4.88. The second-order valence-corrected chi connectivity index (χ2v) is 6.31. The molecule has 28 heavy (non-hydrogen) atoms. The number of H-pyrrole nitrogens is 1. The van der Waals surface area contributed by atoms with E-state index < -0.39 is 17.4 Å². The summed E-state index contributed by atoms with van der Waals surface area (Å²) in [5, 5.41) is 0.307. The number of nitrogens with one attached hydrogen (secondary N) is 1. The van der Waals surface area contributed by atoms with Crippen LogP contribution >= 0.6 is 11.6 Å². The Balaban J connectivity index is 2.14. The van der Waals surface area contributed by atoms with Gasteiger partial charge in [0, 0.05) is 5.56 Å². The summed E-state index contributed by atoms with van der Waals surface area (Å²) in [6.45, 7) is 4.00. The maximum Gasteiger partial charge on any atom is 0.416 e. The van der Waals surface area contributed by atoms with E-state index in [0.717, 1.165) is 17.7 Å². The lowest BCUT2D eigenvalue weighted by Gasteiger charge is -2.14. The Morgan fingerprint density at radius 3 is 2.39 bits per heavy atom. The molecule has 0 spiro atoms. The van der Waals surface area contributed by atoms with Crippen LogP contribution in [0.2, 0.25) is 5.02 Å². The Kier molecular flexibility index (Phi) is 5.42. The molecule has 0 aliphatic heterocycles. The molecule has 3 aromatic rings. The summed E-state index contributed by atoms with van der Waals surface area (Å²) in [5.74, 6) is 0.558. The van der Waals surface area contributed by atoms with Gasteiger partial charge in [-0.3, -0.25) is 4.98 Å². The van der Waals surface area contributed by atoms with Crippen molar-refractivity contribution < 1.29 is 17.9 Å². The van der Waals surface area contributed by atoms with E-state index in [4.69, 9.17) is 16.3 Å². The molecule has 0 saturated heterocycles. The van der Waals surface area contributed by atoms with Crippen LogP contribution in [-0.4, -0.2) is 21.6 Å². The van der Waals surface area contributed by atoms with Crippen LogP contribution in [0.4, 0.5) is 13.2 Å². The molecule has 3 rings (SSSR count). The van der Waals surface area contributed by atoms with Gasteiger partial charge in [0.05, 0.1) is 22.8 Å². The summed E-state index contributed by atoms with van der Waals surface area (Å²) in [7, 11) is 0. The van der Waals surface area contributed by atoms with E-state index in [-0.39, 0.29) is 17.2 Å². The molecule has 0 unspecified atom stereocenters. The van der Waals surface area contributed by atoms with Crippen molar-refractivity contribution in [1.82, 2.24) is 15.0 Å². The van der Waals surface area contributed by atoms with E-state index in [1.165, 1.54) is 12.1 Å². The lowest BCUT2D eigenvalue weighted by molar-refractivity contribution is -0.137. The van der Waals surface area contributed by atoms with Gasteiger partial charge in [0.25, 0.3) is 0 Å². The fourth-order valence-corrected chi connectivity index (χ4v) is 2.89. The van der Waals surface area contributed by atoms with E-state index in [0.29, 0.717) is 22.9 Å². The number of benzene rings is 2. The highest BCUT2D eigenvalue weighted by molar-refractivity contribution is 6.33. The molecule has 5 nitrogen and oxygen atoms in total. The number of aryl methyl sites for hydroxylation is 1. The van der Waals surface area contributed by atoms with Crippen LogP contribution in [0.3, 0.4) is 0 Å². The van der Waals surface area contributed by atoms with Crippen molar-refractivity contribution in [3.05, 3.63) is 63.0 Å². The van der Waals surface area contributed by atoms with Gasteiger partial charge < -0.3 is 4.74 Å². The van der Waals surface area contributed by atoms with Gasteiger partial charge in [-0.05, 0) is 37.6 Å². The van der Waals surface area contributed by atoms with E-state index >= 15 is 0 Å². The minimum Gasteiger partial charge on any atom is -0.493 e. The highest BCUT2D eigenvalue weighted by Gasteiger charge is 2.30. The number of rotatable bonds is 4. The van der Waals surface area contributed by atoms with Gasteiger partial charge in [-0.25, -0.2) is 9.78 Å². The Morgan fingerprint density at radius 1 is 1.11 bits per heavy atom. The molecule has 0 radical (unpaired) electrons. The summed E-state index contributed by atoms with van der Waals surface area (Å²) >= 11 is 6.31. The first-order valence-corrected chi connectivity index (χ1v) is 8.66. The summed E-state index contributed by atoms with van der Waals surface area (Å²) < 4.78 is 43.9. The molecular weight excluding hydrogens is 395 g/mol. The number of aromatic nitrogens is 3. The fraction of sp³-hybridized carbons (Fsp3) is 0.211. The zero-order valence-electron chi connectivity index (χ0n) is 14.9. The topological polar surface area (TPSA) is 67.9 Å². The molecule has 0 fully saturated rings. The third-order valence-electron chi connectivity index (χ3n) is 3.95. The molecular formula is C19H15ClF3N3O2. The Bertz CT molecular complexity index is 1060. The number of alkyl halides is 3. The number of hydrogen-bond acceptors (Lipinski definition) is 4. The molecule has 0 aliphatic carbocycles. The smallest absolute Gasteiger partial charge is 0.416 e. The molecule has 0 bridgehead atoms. The third-order valence-corrected chi connectivity index (χ3v) is 4.27. The molecule has 1 aromatic heterocycles. The first-order valence-electron chi connectivity index (χ1n) is 8.29. The maximum absolute atomic E-state index is 12.8. The van der Waals surface area contributed by atoms with Gasteiger partial charge in [0.2, 0.25) is 0 Å². The van der Waals surface area contributed by atoms with Crippen LogP contribution in [0.25, 0.3) is 22.8 Å². The van der Waals surface area contributed by atoms with Gasteiger partial charge in [0.1, 0.15) is 11.6 Å². The average Bonchev–Trinajstić information content (AvgIpc) is 2.64. The largest absolute Gasteiger partial charge is 0.493 e. The monoisotopic (exact) mass is 409 g/mol. The van der Waals surface area contributed by atoms with Crippen LogP contribution in [0.15, 0.2) is 41.2 Å². The first kappa shape index (κ1) is 19.9. The first-order chi connectivity index (χ1) is 13.2. The number of hydrogen-bond donors (Lipinski definition) is 1. The molecule has 146 valence electrons. The van der Waals surface area contributed by atoms with Crippen LogP contribution in [0, 0.1) is 6.92 Å². The minimum atomic E-state index is -4.46. The number of aromatic amines is 1. The predicted molar refractivity (Wildman–Crippen MR) is 99.4 cm³/mol. The van der Waals surface area contributed by atoms with Crippen LogP contribution in [-0.2, 0) is 6.18 Å². The summed E-state index contributed by atoms with van der Waals surface area (Å²) in [6, 6.07) is 7.65. The number of halogens is 4. The maximum atomic E-state index is 12.8. The molecule has 0 amide bonds. The highest BCUT2D eigenvalue weighted by Crippen LogP contribution is 2.37. The molecule has 9 heteroatoms. The standard InChI is InChI=1S/C19H15ClF3N3O2/c1-3-28-15-10(2)4-9-13(20)14(15)17-24-16(25-18(27)26-17)11-5-7-12(8-6-11)19(21,22)23/h4-9H,3H2,1-2H3,(H,24,25,26,27). The van der Waals surface area contributed by atoms with E-state index in [2.05, 4.69) is 15.0 Å². The molecule has 1 heterocycles. The zero-order valence-corrected chi connectivity index (χ0v) is 15.6. The van der Waals surface area contributed by atoms with Crippen molar-refractivity contribution in [1.29, 1.82) is 0 Å². The van der Waals surface area contributed by atoms with Crippen LogP contribution in [0.5, 0.6) is 5.75 Å². The Labute approximate surface area is 163 Å². The molecule has 0 saturated carbocycles.